The fraction of sp³-hybridized carbons (Fsp3) is 0.353. The van der Waals surface area contributed by atoms with E-state index in [0.717, 1.165) is 5.56 Å². The SMILES string of the molecule is CC(C)CNC(=O)[C@H](C)OC(=O)c1csc(-c2cccc(Cl)c2)n1. The van der Waals surface area contributed by atoms with Crippen LogP contribution in [0.5, 0.6) is 0 Å². The average Bonchev–Trinajstić information content (AvgIpc) is 3.02. The van der Waals surface area contributed by atoms with Crippen LogP contribution in [0.25, 0.3) is 10.6 Å². The largest absolute Gasteiger partial charge is 0.448 e. The lowest BCUT2D eigenvalue weighted by atomic mass is 10.2. The third kappa shape index (κ3) is 5.04. The second kappa shape index (κ2) is 8.26. The minimum absolute atomic E-state index is 0.179. The van der Waals surface area contributed by atoms with E-state index < -0.39 is 12.1 Å². The van der Waals surface area contributed by atoms with Gasteiger partial charge in [0.05, 0.1) is 0 Å². The van der Waals surface area contributed by atoms with Crippen molar-refractivity contribution in [3.8, 4) is 10.6 Å². The second-order valence-electron chi connectivity index (χ2n) is 5.73. The highest BCUT2D eigenvalue weighted by Gasteiger charge is 2.21. The molecule has 2 rings (SSSR count). The minimum atomic E-state index is -0.868. The molecule has 1 aromatic carbocycles. The van der Waals surface area contributed by atoms with E-state index in [9.17, 15) is 9.59 Å². The van der Waals surface area contributed by atoms with Crippen LogP contribution in [0.4, 0.5) is 0 Å². The number of halogens is 1. The van der Waals surface area contributed by atoms with Crippen LogP contribution in [0, 0.1) is 5.92 Å². The van der Waals surface area contributed by atoms with E-state index in [1.54, 1.807) is 17.5 Å². The molecule has 0 fully saturated rings. The predicted octanol–water partition coefficient (Wildman–Crippen LogP) is 3.78. The number of carbonyl (C=O) groups excluding carboxylic acids is 2. The van der Waals surface area contributed by atoms with Gasteiger partial charge in [-0.2, -0.15) is 0 Å². The van der Waals surface area contributed by atoms with Crippen LogP contribution in [0.15, 0.2) is 29.6 Å². The van der Waals surface area contributed by atoms with E-state index in [2.05, 4.69) is 10.3 Å². The number of hydrogen-bond donors (Lipinski definition) is 1. The Labute approximate surface area is 150 Å². The zero-order chi connectivity index (χ0) is 17.7. The number of rotatable bonds is 6. The molecule has 0 aliphatic heterocycles. The Hall–Kier alpha value is -1.92. The first-order valence-electron chi connectivity index (χ1n) is 7.57. The van der Waals surface area contributed by atoms with Crippen molar-refractivity contribution >= 4 is 34.8 Å². The summed E-state index contributed by atoms with van der Waals surface area (Å²) in [7, 11) is 0. The van der Waals surface area contributed by atoms with Gasteiger partial charge in [0.1, 0.15) is 5.01 Å². The zero-order valence-corrected chi connectivity index (χ0v) is 15.3. The van der Waals surface area contributed by atoms with E-state index in [1.165, 1.54) is 18.3 Å². The van der Waals surface area contributed by atoms with Gasteiger partial charge in [-0.25, -0.2) is 9.78 Å². The first-order chi connectivity index (χ1) is 11.4. The Kier molecular flexibility index (Phi) is 6.34. The third-order valence-electron chi connectivity index (χ3n) is 3.12. The smallest absolute Gasteiger partial charge is 0.358 e. The van der Waals surface area contributed by atoms with Gasteiger partial charge in [-0.05, 0) is 25.0 Å². The molecule has 1 atom stereocenters. The molecule has 1 amide bonds. The van der Waals surface area contributed by atoms with Crippen molar-refractivity contribution in [1.29, 1.82) is 0 Å². The summed E-state index contributed by atoms with van der Waals surface area (Å²) in [5.41, 5.74) is 1.01. The summed E-state index contributed by atoms with van der Waals surface area (Å²) in [6, 6.07) is 7.22. The molecule has 0 aliphatic rings. The molecule has 128 valence electrons. The monoisotopic (exact) mass is 366 g/mol. The van der Waals surface area contributed by atoms with E-state index in [-0.39, 0.29) is 11.6 Å². The van der Waals surface area contributed by atoms with Crippen molar-refractivity contribution in [1.82, 2.24) is 10.3 Å². The summed E-state index contributed by atoms with van der Waals surface area (Å²) in [5, 5.41) is 5.60. The number of thiazole rings is 1. The quantitative estimate of drug-likeness (QED) is 0.790. The van der Waals surface area contributed by atoms with Gasteiger partial charge in [0.15, 0.2) is 11.8 Å². The Morgan fingerprint density at radius 3 is 2.75 bits per heavy atom. The van der Waals surface area contributed by atoms with Gasteiger partial charge < -0.3 is 10.1 Å². The van der Waals surface area contributed by atoms with Gasteiger partial charge in [-0.3, -0.25) is 4.79 Å². The molecule has 5 nitrogen and oxygen atoms in total. The van der Waals surface area contributed by atoms with E-state index in [0.29, 0.717) is 22.5 Å². The van der Waals surface area contributed by atoms with Crippen LogP contribution in [0.2, 0.25) is 5.02 Å². The summed E-state index contributed by atoms with van der Waals surface area (Å²) in [5.74, 6) is -0.607. The van der Waals surface area contributed by atoms with Gasteiger partial charge in [-0.15, -0.1) is 11.3 Å². The normalized spacial score (nSPS) is 12.0. The molecular formula is C17H19ClN2O3S. The predicted molar refractivity (Wildman–Crippen MR) is 95.3 cm³/mol. The Bertz CT molecular complexity index is 730. The Balaban J connectivity index is 1.99. The molecule has 0 aliphatic carbocycles. The fourth-order valence-corrected chi connectivity index (χ4v) is 2.82. The maximum atomic E-state index is 12.1. The highest BCUT2D eigenvalue weighted by Crippen LogP contribution is 2.26. The fourth-order valence-electron chi connectivity index (χ4n) is 1.84. The average molecular weight is 367 g/mol. The lowest BCUT2D eigenvalue weighted by Crippen LogP contribution is -2.37. The van der Waals surface area contributed by atoms with Gasteiger partial charge in [0.2, 0.25) is 0 Å². The van der Waals surface area contributed by atoms with Crippen LogP contribution in [0.3, 0.4) is 0 Å². The van der Waals surface area contributed by atoms with Crippen molar-refractivity contribution in [3.63, 3.8) is 0 Å². The molecule has 0 spiro atoms. The van der Waals surface area contributed by atoms with Gasteiger partial charge in [0.25, 0.3) is 5.91 Å². The second-order valence-corrected chi connectivity index (χ2v) is 7.03. The lowest BCUT2D eigenvalue weighted by Gasteiger charge is -2.13. The molecule has 24 heavy (non-hydrogen) atoms. The summed E-state index contributed by atoms with van der Waals surface area (Å²) >= 11 is 7.28. The molecule has 0 saturated carbocycles. The Morgan fingerprint density at radius 2 is 2.08 bits per heavy atom. The van der Waals surface area contributed by atoms with Crippen LogP contribution in [-0.2, 0) is 9.53 Å². The van der Waals surface area contributed by atoms with E-state index in [4.69, 9.17) is 16.3 Å². The number of esters is 1. The zero-order valence-electron chi connectivity index (χ0n) is 13.7. The molecule has 1 aromatic heterocycles. The molecule has 1 heterocycles. The molecule has 0 unspecified atom stereocenters. The third-order valence-corrected chi connectivity index (χ3v) is 4.25. The number of carbonyl (C=O) groups is 2. The number of amides is 1. The van der Waals surface area contributed by atoms with Gasteiger partial charge in [0, 0.05) is 22.5 Å². The number of aromatic nitrogens is 1. The number of nitrogens with zero attached hydrogens (tertiary/aromatic N) is 1. The van der Waals surface area contributed by atoms with Crippen LogP contribution in [-0.4, -0.2) is 29.5 Å². The molecule has 1 N–H and O–H groups in total. The van der Waals surface area contributed by atoms with Crippen LogP contribution in [0.1, 0.15) is 31.3 Å². The van der Waals surface area contributed by atoms with E-state index in [1.807, 2.05) is 26.0 Å². The number of ether oxygens (including phenoxy) is 1. The first-order valence-corrected chi connectivity index (χ1v) is 8.82. The van der Waals surface area contributed by atoms with Crippen molar-refractivity contribution in [3.05, 3.63) is 40.4 Å². The summed E-state index contributed by atoms with van der Waals surface area (Å²) < 4.78 is 5.17. The first kappa shape index (κ1) is 18.4. The van der Waals surface area contributed by atoms with Gasteiger partial charge in [-0.1, -0.05) is 37.6 Å². The summed E-state index contributed by atoms with van der Waals surface area (Å²) in [4.78, 5) is 28.2. The van der Waals surface area contributed by atoms with Crippen molar-refractivity contribution in [2.75, 3.05) is 6.54 Å². The lowest BCUT2D eigenvalue weighted by molar-refractivity contribution is -0.129. The van der Waals surface area contributed by atoms with Crippen LogP contribution >= 0.6 is 22.9 Å². The highest BCUT2D eigenvalue weighted by atomic mass is 35.5. The van der Waals surface area contributed by atoms with Gasteiger partial charge >= 0.3 is 5.97 Å². The Morgan fingerprint density at radius 1 is 1.33 bits per heavy atom. The number of benzene rings is 1. The molecule has 0 saturated heterocycles. The highest BCUT2D eigenvalue weighted by molar-refractivity contribution is 7.13. The standard InChI is InChI=1S/C17H19ClN2O3S/c1-10(2)8-19-15(21)11(3)23-17(22)14-9-24-16(20-14)12-5-4-6-13(18)7-12/h4-7,9-11H,8H2,1-3H3,(H,19,21)/t11-/m0/s1. The molecular weight excluding hydrogens is 348 g/mol. The minimum Gasteiger partial charge on any atom is -0.448 e. The summed E-state index contributed by atoms with van der Waals surface area (Å²) in [6.45, 7) is 6.06. The molecule has 0 radical (unpaired) electrons. The molecule has 7 heteroatoms. The molecule has 0 bridgehead atoms. The summed E-state index contributed by atoms with van der Waals surface area (Å²) in [6.07, 6.45) is -0.868. The molecule has 2 aromatic rings. The topological polar surface area (TPSA) is 68.3 Å². The van der Waals surface area contributed by atoms with Crippen molar-refractivity contribution in [2.45, 2.75) is 26.9 Å². The van der Waals surface area contributed by atoms with Crippen LogP contribution < -0.4 is 5.32 Å². The number of nitrogens with one attached hydrogen (secondary N) is 1. The maximum absolute atomic E-state index is 12.1. The maximum Gasteiger partial charge on any atom is 0.358 e. The van der Waals surface area contributed by atoms with E-state index >= 15 is 0 Å². The van der Waals surface area contributed by atoms with Crippen molar-refractivity contribution < 1.29 is 14.3 Å². The number of hydrogen-bond acceptors (Lipinski definition) is 5. The van der Waals surface area contributed by atoms with Crippen molar-refractivity contribution in [2.24, 2.45) is 5.92 Å².